The van der Waals surface area contributed by atoms with Crippen molar-refractivity contribution in [2.75, 3.05) is 11.9 Å². The molecule has 5 heteroatoms. The maximum atomic E-state index is 11.8. The van der Waals surface area contributed by atoms with E-state index in [4.69, 9.17) is 0 Å². The summed E-state index contributed by atoms with van der Waals surface area (Å²) in [5.41, 5.74) is 1.69. The molecule has 1 saturated heterocycles. The predicted octanol–water partition coefficient (Wildman–Crippen LogP) is 0.0513. The number of pyridine rings is 1. The van der Waals surface area contributed by atoms with Gasteiger partial charge in [0.15, 0.2) is 0 Å². The van der Waals surface area contributed by atoms with Crippen LogP contribution in [0.5, 0.6) is 0 Å². The van der Waals surface area contributed by atoms with Crippen molar-refractivity contribution >= 4 is 11.6 Å². The Hall–Kier alpha value is -1.46. The van der Waals surface area contributed by atoms with Crippen LogP contribution in [0, 0.1) is 6.92 Å². The van der Waals surface area contributed by atoms with Crippen LogP contribution in [0.4, 0.5) is 5.69 Å². The largest absolute Gasteiger partial charge is 0.392 e. The van der Waals surface area contributed by atoms with Gasteiger partial charge in [0, 0.05) is 24.6 Å². The smallest absolute Gasteiger partial charge is 0.241 e. The zero-order chi connectivity index (χ0) is 11.5. The Morgan fingerprint density at radius 1 is 1.69 bits per heavy atom. The Balaban J connectivity index is 2.00. The number of nitrogens with zero attached hydrogens (tertiary/aromatic N) is 1. The Labute approximate surface area is 93.9 Å². The Bertz CT molecular complexity index is 395. The predicted molar refractivity (Wildman–Crippen MR) is 60.0 cm³/mol. The summed E-state index contributed by atoms with van der Waals surface area (Å²) in [4.78, 5) is 15.8. The molecule has 2 rings (SSSR count). The molecule has 0 spiro atoms. The van der Waals surface area contributed by atoms with Crippen LogP contribution in [0.2, 0.25) is 0 Å². The van der Waals surface area contributed by atoms with Gasteiger partial charge in [-0.2, -0.15) is 0 Å². The second-order valence-corrected chi connectivity index (χ2v) is 4.03. The van der Waals surface area contributed by atoms with Crippen LogP contribution in [-0.4, -0.2) is 34.7 Å². The van der Waals surface area contributed by atoms with Gasteiger partial charge < -0.3 is 15.7 Å². The first-order valence-corrected chi connectivity index (χ1v) is 5.30. The second-order valence-electron chi connectivity index (χ2n) is 4.03. The summed E-state index contributed by atoms with van der Waals surface area (Å²) in [6.07, 6.45) is 3.39. The Morgan fingerprint density at radius 3 is 3.12 bits per heavy atom. The molecule has 1 amide bonds. The number of hydrogen-bond donors (Lipinski definition) is 3. The number of β-amino-alcohol motifs (C(OH)–C–C–N with tert-alkyl or cyclic N) is 1. The summed E-state index contributed by atoms with van der Waals surface area (Å²) in [6, 6.07) is 1.46. The van der Waals surface area contributed by atoms with E-state index in [9.17, 15) is 9.90 Å². The van der Waals surface area contributed by atoms with Crippen molar-refractivity contribution in [1.29, 1.82) is 0 Å². The first-order valence-electron chi connectivity index (χ1n) is 5.30. The molecule has 5 nitrogen and oxygen atoms in total. The molecule has 1 aliphatic heterocycles. The van der Waals surface area contributed by atoms with E-state index in [-0.39, 0.29) is 11.9 Å². The van der Waals surface area contributed by atoms with Crippen molar-refractivity contribution in [3.63, 3.8) is 0 Å². The van der Waals surface area contributed by atoms with E-state index < -0.39 is 6.10 Å². The van der Waals surface area contributed by atoms with E-state index in [0.29, 0.717) is 13.0 Å². The van der Waals surface area contributed by atoms with E-state index in [2.05, 4.69) is 15.6 Å². The summed E-state index contributed by atoms with van der Waals surface area (Å²) < 4.78 is 0. The van der Waals surface area contributed by atoms with Gasteiger partial charge in [0.25, 0.3) is 0 Å². The van der Waals surface area contributed by atoms with Gasteiger partial charge >= 0.3 is 0 Å². The van der Waals surface area contributed by atoms with Crippen LogP contribution in [0.1, 0.15) is 12.0 Å². The number of aliphatic hydroxyl groups excluding tert-OH is 1. The van der Waals surface area contributed by atoms with Gasteiger partial charge in [-0.1, -0.05) is 0 Å². The van der Waals surface area contributed by atoms with Gasteiger partial charge in [-0.05, 0) is 25.0 Å². The van der Waals surface area contributed by atoms with E-state index in [1.807, 2.05) is 6.92 Å². The third-order valence-electron chi connectivity index (χ3n) is 2.70. The van der Waals surface area contributed by atoms with Gasteiger partial charge in [0.2, 0.25) is 5.91 Å². The third-order valence-corrected chi connectivity index (χ3v) is 2.70. The highest BCUT2D eigenvalue weighted by atomic mass is 16.3. The van der Waals surface area contributed by atoms with Crippen LogP contribution in [-0.2, 0) is 4.79 Å². The monoisotopic (exact) mass is 221 g/mol. The van der Waals surface area contributed by atoms with Crippen LogP contribution in [0.15, 0.2) is 18.5 Å². The number of rotatable bonds is 2. The Kier molecular flexibility index (Phi) is 3.17. The zero-order valence-electron chi connectivity index (χ0n) is 9.10. The summed E-state index contributed by atoms with van der Waals surface area (Å²) in [5.74, 6) is -0.106. The molecule has 1 aromatic heterocycles. The molecule has 1 aromatic rings. The lowest BCUT2D eigenvalue weighted by Gasteiger charge is -2.12. The van der Waals surface area contributed by atoms with Gasteiger partial charge in [-0.3, -0.25) is 9.78 Å². The van der Waals surface area contributed by atoms with Crippen LogP contribution < -0.4 is 10.6 Å². The van der Waals surface area contributed by atoms with Crippen molar-refractivity contribution in [1.82, 2.24) is 10.3 Å². The fraction of sp³-hybridized carbons (Fsp3) is 0.455. The maximum absolute atomic E-state index is 11.8. The number of amides is 1. The SMILES string of the molecule is Cc1cnccc1NC(=O)C1CC(O)CN1. The molecule has 1 aliphatic rings. The van der Waals surface area contributed by atoms with Crippen LogP contribution in [0.3, 0.4) is 0 Å². The highest BCUT2D eigenvalue weighted by Gasteiger charge is 2.28. The number of aryl methyl sites for hydroxylation is 1. The van der Waals surface area contributed by atoms with E-state index in [1.54, 1.807) is 18.5 Å². The van der Waals surface area contributed by atoms with Gasteiger partial charge in [-0.15, -0.1) is 0 Å². The molecular weight excluding hydrogens is 206 g/mol. The number of aliphatic hydroxyl groups is 1. The van der Waals surface area contributed by atoms with Gasteiger partial charge in [0.1, 0.15) is 0 Å². The molecule has 16 heavy (non-hydrogen) atoms. The average molecular weight is 221 g/mol. The highest BCUT2D eigenvalue weighted by Crippen LogP contribution is 2.14. The number of carbonyl (C=O) groups is 1. The number of hydrogen-bond acceptors (Lipinski definition) is 4. The molecule has 3 N–H and O–H groups in total. The van der Waals surface area contributed by atoms with Crippen LogP contribution >= 0.6 is 0 Å². The van der Waals surface area contributed by atoms with Crippen molar-refractivity contribution in [3.8, 4) is 0 Å². The molecule has 0 saturated carbocycles. The highest BCUT2D eigenvalue weighted by molar-refractivity contribution is 5.95. The number of carbonyl (C=O) groups excluding carboxylic acids is 1. The van der Waals surface area contributed by atoms with Crippen molar-refractivity contribution in [2.24, 2.45) is 0 Å². The molecule has 2 heterocycles. The lowest BCUT2D eigenvalue weighted by atomic mass is 10.2. The molecule has 1 fully saturated rings. The average Bonchev–Trinajstić information content (AvgIpc) is 2.68. The molecule has 0 aliphatic carbocycles. The number of nitrogens with one attached hydrogen (secondary N) is 2. The molecule has 2 unspecified atom stereocenters. The normalized spacial score (nSPS) is 24.4. The standard InChI is InChI=1S/C11H15N3O2/c1-7-5-12-3-2-9(7)14-11(16)10-4-8(15)6-13-10/h2-3,5,8,10,13,15H,4,6H2,1H3,(H,12,14,16). The quantitative estimate of drug-likeness (QED) is 0.659. The third kappa shape index (κ3) is 2.37. The summed E-state index contributed by atoms with van der Waals surface area (Å²) in [5, 5.41) is 15.1. The number of aromatic nitrogens is 1. The lowest BCUT2D eigenvalue weighted by Crippen LogP contribution is -2.35. The molecule has 0 radical (unpaired) electrons. The van der Waals surface area contributed by atoms with Gasteiger partial charge in [-0.25, -0.2) is 0 Å². The second kappa shape index (κ2) is 4.59. The fourth-order valence-electron chi connectivity index (χ4n) is 1.75. The zero-order valence-corrected chi connectivity index (χ0v) is 9.10. The minimum atomic E-state index is -0.422. The first-order chi connectivity index (χ1) is 7.66. The van der Waals surface area contributed by atoms with Gasteiger partial charge in [0.05, 0.1) is 12.1 Å². The fourth-order valence-corrected chi connectivity index (χ4v) is 1.75. The summed E-state index contributed by atoms with van der Waals surface area (Å²) in [6.45, 7) is 2.37. The van der Waals surface area contributed by atoms with E-state index in [0.717, 1.165) is 11.3 Å². The minimum absolute atomic E-state index is 0.106. The molecule has 2 atom stereocenters. The maximum Gasteiger partial charge on any atom is 0.241 e. The lowest BCUT2D eigenvalue weighted by molar-refractivity contribution is -0.117. The Morgan fingerprint density at radius 2 is 2.50 bits per heavy atom. The topological polar surface area (TPSA) is 74.2 Å². The summed E-state index contributed by atoms with van der Waals surface area (Å²) in [7, 11) is 0. The van der Waals surface area contributed by atoms with Crippen molar-refractivity contribution in [3.05, 3.63) is 24.0 Å². The first kappa shape index (κ1) is 11.0. The number of anilines is 1. The van der Waals surface area contributed by atoms with Crippen LogP contribution in [0.25, 0.3) is 0 Å². The minimum Gasteiger partial charge on any atom is -0.392 e. The molecule has 86 valence electrons. The van der Waals surface area contributed by atoms with Crippen molar-refractivity contribution < 1.29 is 9.90 Å². The summed E-state index contributed by atoms with van der Waals surface area (Å²) >= 11 is 0. The molecule has 0 aromatic carbocycles. The molecular formula is C11H15N3O2. The van der Waals surface area contributed by atoms with E-state index in [1.165, 1.54) is 0 Å². The van der Waals surface area contributed by atoms with Crippen molar-refractivity contribution in [2.45, 2.75) is 25.5 Å². The van der Waals surface area contributed by atoms with E-state index >= 15 is 0 Å². The molecule has 0 bridgehead atoms.